The lowest BCUT2D eigenvalue weighted by Crippen LogP contribution is -2.49. The summed E-state index contributed by atoms with van der Waals surface area (Å²) in [5, 5.41) is 7.84. The minimum atomic E-state index is -0.356. The maximum Gasteiger partial charge on any atom is 0.341 e. The highest BCUT2D eigenvalue weighted by atomic mass is 127. The molecule has 1 aromatic heterocycles. The molecule has 11 heteroatoms. The van der Waals surface area contributed by atoms with Crippen molar-refractivity contribution in [2.24, 2.45) is 4.99 Å². The molecule has 0 saturated carbocycles. The van der Waals surface area contributed by atoms with Crippen LogP contribution in [0.5, 0.6) is 0 Å². The summed E-state index contributed by atoms with van der Waals surface area (Å²) in [5.74, 6) is 0.319. The van der Waals surface area contributed by atoms with Gasteiger partial charge in [0.25, 0.3) is 0 Å². The Morgan fingerprint density at radius 1 is 1.30 bits per heavy atom. The van der Waals surface area contributed by atoms with Crippen molar-refractivity contribution in [3.8, 4) is 0 Å². The van der Waals surface area contributed by atoms with Gasteiger partial charge in [-0.15, -0.1) is 24.0 Å². The molecule has 0 spiro atoms. The van der Waals surface area contributed by atoms with E-state index in [2.05, 4.69) is 20.3 Å². The maximum atomic E-state index is 12.1. The fourth-order valence-corrected chi connectivity index (χ4v) is 3.95. The van der Waals surface area contributed by atoms with Crippen molar-refractivity contribution in [2.45, 2.75) is 51.2 Å². The summed E-state index contributed by atoms with van der Waals surface area (Å²) in [4.78, 5) is 32.5. The van der Waals surface area contributed by atoms with Crippen molar-refractivity contribution in [2.75, 3.05) is 53.5 Å². The third-order valence-corrected chi connectivity index (χ3v) is 5.81. The van der Waals surface area contributed by atoms with Crippen molar-refractivity contribution < 1.29 is 19.1 Å². The highest BCUT2D eigenvalue weighted by Gasteiger charge is 2.26. The van der Waals surface area contributed by atoms with Crippen LogP contribution in [0.3, 0.4) is 0 Å². The number of halogens is 1. The van der Waals surface area contributed by atoms with Gasteiger partial charge in [-0.05, 0) is 39.0 Å². The number of hydrogen-bond acceptors (Lipinski definition) is 6. The number of amides is 1. The second kappa shape index (κ2) is 13.7. The molecule has 3 rings (SSSR count). The zero-order chi connectivity index (χ0) is 22.9. The van der Waals surface area contributed by atoms with Crippen LogP contribution in [0.1, 0.15) is 55.4 Å². The minimum Gasteiger partial charge on any atom is -0.462 e. The third kappa shape index (κ3) is 8.13. The number of carbonyl (C=O) groups excluding carboxylic acids is 2. The van der Waals surface area contributed by atoms with Gasteiger partial charge >= 0.3 is 5.97 Å². The second-order valence-corrected chi connectivity index (χ2v) is 8.47. The average Bonchev–Trinajstić information content (AvgIpc) is 3.30. The number of likely N-dealkylation sites (N-methyl/N-ethyl adjacent to an activating group) is 1. The van der Waals surface area contributed by atoms with Crippen LogP contribution >= 0.6 is 24.0 Å². The van der Waals surface area contributed by atoms with Gasteiger partial charge in [0.05, 0.1) is 30.5 Å². The maximum absolute atomic E-state index is 12.1. The van der Waals surface area contributed by atoms with Crippen LogP contribution in [-0.2, 0) is 14.3 Å². The molecule has 2 saturated heterocycles. The predicted molar refractivity (Wildman–Crippen MR) is 136 cm³/mol. The number of ether oxygens (including phenoxy) is 2. The lowest BCUT2D eigenvalue weighted by molar-refractivity contribution is -0.127. The Morgan fingerprint density at radius 2 is 2.12 bits per heavy atom. The zero-order valence-corrected chi connectivity index (χ0v) is 22.2. The van der Waals surface area contributed by atoms with Crippen molar-refractivity contribution >= 4 is 41.8 Å². The second-order valence-electron chi connectivity index (χ2n) is 8.47. The zero-order valence-electron chi connectivity index (χ0n) is 19.9. The van der Waals surface area contributed by atoms with Crippen molar-refractivity contribution in [3.63, 3.8) is 0 Å². The molecule has 2 unspecified atom stereocenters. The van der Waals surface area contributed by atoms with Crippen LogP contribution in [0.2, 0.25) is 0 Å². The summed E-state index contributed by atoms with van der Waals surface area (Å²) in [6.45, 7) is 5.22. The Bertz CT molecular complexity index is 794. The van der Waals surface area contributed by atoms with E-state index in [1.807, 2.05) is 4.68 Å². The molecule has 3 heterocycles. The molecule has 1 amide bonds. The SMILES string of the molecule is CCOC(=O)c1cnn(C2CCCN(C(=NCC(=O)N(C)C)NCC3CCCCO3)C2)c1.I. The van der Waals surface area contributed by atoms with Gasteiger partial charge in [0, 0.05) is 46.5 Å². The van der Waals surface area contributed by atoms with Gasteiger partial charge in [0.15, 0.2) is 5.96 Å². The van der Waals surface area contributed by atoms with Crippen LogP contribution in [-0.4, -0.2) is 97.0 Å². The molecule has 0 aliphatic carbocycles. The van der Waals surface area contributed by atoms with Gasteiger partial charge in [0.1, 0.15) is 6.54 Å². The standard InChI is InChI=1S/C22H36N6O4.HI/c1-4-31-21(30)17-12-25-28(15-17)18-8-7-10-27(16-18)22(24-14-20(29)26(2)3)23-13-19-9-5-6-11-32-19;/h12,15,18-19H,4-11,13-14,16H2,1-3H3,(H,23,24);1H. The predicted octanol–water partition coefficient (Wildman–Crippen LogP) is 1.92. The van der Waals surface area contributed by atoms with E-state index in [0.717, 1.165) is 44.8 Å². The van der Waals surface area contributed by atoms with Crippen LogP contribution < -0.4 is 5.32 Å². The quantitative estimate of drug-likeness (QED) is 0.229. The van der Waals surface area contributed by atoms with Crippen LogP contribution in [0, 0.1) is 0 Å². The first-order chi connectivity index (χ1) is 15.5. The molecule has 0 aromatic carbocycles. The summed E-state index contributed by atoms with van der Waals surface area (Å²) in [6, 6.07) is 0.106. The van der Waals surface area contributed by atoms with Crippen LogP contribution in [0.15, 0.2) is 17.4 Å². The minimum absolute atomic E-state index is 0. The normalized spacial score (nSPS) is 21.2. The number of aromatic nitrogens is 2. The third-order valence-electron chi connectivity index (χ3n) is 5.81. The number of aliphatic imine (C=N–C) groups is 1. The highest BCUT2D eigenvalue weighted by Crippen LogP contribution is 2.22. The lowest BCUT2D eigenvalue weighted by Gasteiger charge is -2.36. The number of esters is 1. The first kappa shape index (κ1) is 27.4. The number of carbonyl (C=O) groups is 2. The Morgan fingerprint density at radius 3 is 2.82 bits per heavy atom. The Hall–Kier alpha value is -1.89. The number of likely N-dealkylation sites (tertiary alicyclic amines) is 1. The number of nitrogens with one attached hydrogen (secondary N) is 1. The molecule has 0 bridgehead atoms. The van der Waals surface area contributed by atoms with E-state index >= 15 is 0 Å². The Labute approximate surface area is 213 Å². The molecule has 2 aliphatic rings. The van der Waals surface area contributed by atoms with Gasteiger partial charge in [-0.3, -0.25) is 9.48 Å². The monoisotopic (exact) mass is 576 g/mol. The molecule has 1 aromatic rings. The van der Waals surface area contributed by atoms with Gasteiger partial charge in [-0.2, -0.15) is 5.10 Å². The van der Waals surface area contributed by atoms with E-state index in [4.69, 9.17) is 9.47 Å². The number of nitrogens with zero attached hydrogens (tertiary/aromatic N) is 5. The summed E-state index contributed by atoms with van der Waals surface area (Å²) < 4.78 is 12.8. The number of hydrogen-bond donors (Lipinski definition) is 1. The van der Waals surface area contributed by atoms with Gasteiger partial charge in [0.2, 0.25) is 5.91 Å². The topological polar surface area (TPSA) is 101 Å². The number of rotatable bonds is 7. The summed E-state index contributed by atoms with van der Waals surface area (Å²) in [5.41, 5.74) is 0.460. The summed E-state index contributed by atoms with van der Waals surface area (Å²) in [6.07, 6.45) is 8.70. The smallest absolute Gasteiger partial charge is 0.341 e. The van der Waals surface area contributed by atoms with E-state index in [9.17, 15) is 9.59 Å². The molecule has 33 heavy (non-hydrogen) atoms. The number of guanidine groups is 1. The van der Waals surface area contributed by atoms with Crippen LogP contribution in [0.25, 0.3) is 0 Å². The molecule has 186 valence electrons. The van der Waals surface area contributed by atoms with E-state index in [1.54, 1.807) is 38.3 Å². The fraction of sp³-hybridized carbons (Fsp3) is 0.727. The fourth-order valence-electron chi connectivity index (χ4n) is 3.95. The van der Waals surface area contributed by atoms with E-state index in [0.29, 0.717) is 25.3 Å². The molecule has 2 fully saturated rings. The summed E-state index contributed by atoms with van der Waals surface area (Å²) >= 11 is 0. The summed E-state index contributed by atoms with van der Waals surface area (Å²) in [7, 11) is 3.47. The highest BCUT2D eigenvalue weighted by molar-refractivity contribution is 14.0. The largest absolute Gasteiger partial charge is 0.462 e. The van der Waals surface area contributed by atoms with Crippen LogP contribution in [0.4, 0.5) is 0 Å². The average molecular weight is 576 g/mol. The van der Waals surface area contributed by atoms with Crippen molar-refractivity contribution in [1.29, 1.82) is 0 Å². The van der Waals surface area contributed by atoms with E-state index in [-0.39, 0.29) is 54.5 Å². The van der Waals surface area contributed by atoms with Gasteiger partial charge in [-0.1, -0.05) is 0 Å². The molecule has 2 atom stereocenters. The number of piperidine rings is 1. The first-order valence-electron chi connectivity index (χ1n) is 11.5. The van der Waals surface area contributed by atoms with Crippen molar-refractivity contribution in [1.82, 2.24) is 24.9 Å². The molecule has 2 aliphatic heterocycles. The van der Waals surface area contributed by atoms with Gasteiger partial charge < -0.3 is 24.6 Å². The Balaban J connectivity index is 0.00000385. The molecule has 10 nitrogen and oxygen atoms in total. The van der Waals surface area contributed by atoms with E-state index < -0.39 is 0 Å². The van der Waals surface area contributed by atoms with Crippen molar-refractivity contribution in [3.05, 3.63) is 18.0 Å². The molecular formula is C22H37IN6O4. The van der Waals surface area contributed by atoms with E-state index in [1.165, 1.54) is 6.42 Å². The molecule has 0 radical (unpaired) electrons. The van der Waals surface area contributed by atoms with Gasteiger partial charge in [-0.25, -0.2) is 9.79 Å². The molecular weight excluding hydrogens is 539 g/mol. The lowest BCUT2D eigenvalue weighted by atomic mass is 10.1. The molecule has 1 N–H and O–H groups in total. The first-order valence-corrected chi connectivity index (χ1v) is 11.5. The Kier molecular flexibility index (Phi) is 11.4.